The summed E-state index contributed by atoms with van der Waals surface area (Å²) in [5.74, 6) is 0.411. The number of rotatable bonds is 4. The van der Waals surface area contributed by atoms with Crippen LogP contribution in [0, 0.1) is 5.92 Å². The highest BCUT2D eigenvalue weighted by Gasteiger charge is 2.33. The molecule has 1 saturated heterocycles. The molecule has 0 saturated carbocycles. The number of nitrogens with one attached hydrogen (secondary N) is 1. The Bertz CT molecular complexity index is 543. The van der Waals surface area contributed by atoms with Gasteiger partial charge in [0, 0.05) is 31.5 Å². The van der Waals surface area contributed by atoms with E-state index in [9.17, 15) is 4.79 Å². The molecule has 2 heterocycles. The fourth-order valence-corrected chi connectivity index (χ4v) is 2.29. The number of anilines is 2. The van der Waals surface area contributed by atoms with E-state index in [0.717, 1.165) is 0 Å². The third-order valence-corrected chi connectivity index (χ3v) is 3.17. The lowest BCUT2D eigenvalue weighted by molar-refractivity contribution is -0.117. The lowest BCUT2D eigenvalue weighted by Crippen LogP contribution is -2.26. The Hall–Kier alpha value is -2.05. The predicted octanol–water partition coefficient (Wildman–Crippen LogP) is 1.83. The molecule has 1 amide bonds. The van der Waals surface area contributed by atoms with Crippen molar-refractivity contribution in [3.63, 3.8) is 0 Å². The van der Waals surface area contributed by atoms with Crippen LogP contribution in [0.5, 0.6) is 0 Å². The van der Waals surface area contributed by atoms with E-state index in [2.05, 4.69) is 25.3 Å². The second-order valence-corrected chi connectivity index (χ2v) is 4.46. The van der Waals surface area contributed by atoms with Crippen molar-refractivity contribution in [1.82, 2.24) is 9.97 Å². The Labute approximate surface area is 114 Å². The van der Waals surface area contributed by atoms with Gasteiger partial charge in [0.15, 0.2) is 11.0 Å². The van der Waals surface area contributed by atoms with Gasteiger partial charge in [0.05, 0.1) is 0 Å². The molecule has 2 rings (SSSR count). The number of hydrogen-bond donors (Lipinski definition) is 1. The van der Waals surface area contributed by atoms with Crippen molar-refractivity contribution in [3.05, 3.63) is 21.9 Å². The normalized spacial score (nSPS) is 18.3. The molecule has 1 aliphatic heterocycles. The second-order valence-electron chi connectivity index (χ2n) is 4.10. The average molecular weight is 282 g/mol. The Morgan fingerprint density at radius 1 is 1.68 bits per heavy atom. The number of azide groups is 1. The fraction of sp³-hybridized carbons (Fsp3) is 0.500. The zero-order chi connectivity index (χ0) is 13.8. The largest absolute Gasteiger partial charge is 0.371 e. The third kappa shape index (κ3) is 2.69. The summed E-state index contributed by atoms with van der Waals surface area (Å²) in [4.78, 5) is 24.2. The van der Waals surface area contributed by atoms with Crippen LogP contribution in [-0.2, 0) is 4.79 Å². The highest BCUT2D eigenvalue weighted by Crippen LogP contribution is 2.34. The summed E-state index contributed by atoms with van der Waals surface area (Å²) < 4.78 is 0. The molecule has 0 aliphatic carbocycles. The Balaban J connectivity index is 2.27. The zero-order valence-corrected chi connectivity index (χ0v) is 11.0. The monoisotopic (exact) mass is 281 g/mol. The van der Waals surface area contributed by atoms with Gasteiger partial charge in [-0.3, -0.25) is 4.79 Å². The number of halogens is 1. The van der Waals surface area contributed by atoms with Crippen molar-refractivity contribution >= 4 is 29.0 Å². The van der Waals surface area contributed by atoms with Crippen molar-refractivity contribution in [2.45, 2.75) is 6.42 Å². The minimum absolute atomic E-state index is 0.00983. The number of amides is 1. The van der Waals surface area contributed by atoms with Crippen LogP contribution in [0.1, 0.15) is 6.42 Å². The summed E-state index contributed by atoms with van der Waals surface area (Å²) in [6.45, 7) is 0.735. The molecule has 0 aromatic carbocycles. The molecular formula is C10H12ClN7O. The van der Waals surface area contributed by atoms with Crippen LogP contribution in [0.3, 0.4) is 0 Å². The first-order chi connectivity index (χ1) is 9.17. The van der Waals surface area contributed by atoms with E-state index < -0.39 is 0 Å². The molecule has 1 N–H and O–H groups in total. The Kier molecular flexibility index (Phi) is 4.03. The van der Waals surface area contributed by atoms with Crippen LogP contribution in [-0.4, -0.2) is 36.0 Å². The number of carbonyl (C=O) groups excluding carboxylic acids is 1. The van der Waals surface area contributed by atoms with Crippen LogP contribution >= 0.6 is 11.6 Å². The third-order valence-electron chi connectivity index (χ3n) is 2.89. The topological polar surface area (TPSA) is 107 Å². The summed E-state index contributed by atoms with van der Waals surface area (Å²) >= 11 is 6.04. The summed E-state index contributed by atoms with van der Waals surface area (Å²) in [6.07, 6.45) is 1.66. The van der Waals surface area contributed by atoms with Gasteiger partial charge in [-0.2, -0.15) is 0 Å². The van der Waals surface area contributed by atoms with Crippen molar-refractivity contribution in [3.8, 4) is 0 Å². The SMILES string of the molecule is CNc1ncnc(Cl)c1N1CC(CN=[N+]=[N-])CC1=O. The maximum Gasteiger partial charge on any atom is 0.227 e. The van der Waals surface area contributed by atoms with Crippen LogP contribution in [0.4, 0.5) is 11.5 Å². The van der Waals surface area contributed by atoms with E-state index in [4.69, 9.17) is 17.1 Å². The van der Waals surface area contributed by atoms with E-state index in [0.29, 0.717) is 31.0 Å². The van der Waals surface area contributed by atoms with E-state index in [-0.39, 0.29) is 17.0 Å². The minimum atomic E-state index is -0.0775. The number of hydrogen-bond acceptors (Lipinski definition) is 5. The second kappa shape index (κ2) is 5.73. The maximum atomic E-state index is 12.0. The molecule has 1 aliphatic rings. The van der Waals surface area contributed by atoms with Gasteiger partial charge in [-0.15, -0.1) is 0 Å². The fourth-order valence-electron chi connectivity index (χ4n) is 2.05. The molecule has 1 atom stereocenters. The molecular weight excluding hydrogens is 270 g/mol. The molecule has 0 radical (unpaired) electrons. The summed E-state index contributed by atoms with van der Waals surface area (Å²) in [7, 11) is 1.69. The van der Waals surface area contributed by atoms with Crippen molar-refractivity contribution in [2.24, 2.45) is 11.0 Å². The van der Waals surface area contributed by atoms with Gasteiger partial charge in [0.1, 0.15) is 12.0 Å². The smallest absolute Gasteiger partial charge is 0.227 e. The molecule has 1 unspecified atom stereocenters. The number of aromatic nitrogens is 2. The highest BCUT2D eigenvalue weighted by atomic mass is 35.5. The maximum absolute atomic E-state index is 12.0. The Morgan fingerprint density at radius 2 is 2.47 bits per heavy atom. The standard InChI is InChI=1S/C10H12ClN7O/c1-13-10-8(9(11)14-5-15-10)18-4-6(2-7(18)19)3-16-17-12/h5-6H,2-4H2,1H3,(H,13,14,15). The van der Waals surface area contributed by atoms with Gasteiger partial charge in [-0.05, 0) is 11.4 Å². The molecule has 1 fully saturated rings. The van der Waals surface area contributed by atoms with E-state index >= 15 is 0 Å². The van der Waals surface area contributed by atoms with Gasteiger partial charge in [0.25, 0.3) is 0 Å². The quantitative estimate of drug-likeness (QED) is 0.393. The van der Waals surface area contributed by atoms with E-state index in [1.165, 1.54) is 11.2 Å². The first kappa shape index (κ1) is 13.4. The minimum Gasteiger partial charge on any atom is -0.371 e. The lowest BCUT2D eigenvalue weighted by Gasteiger charge is -2.19. The molecule has 100 valence electrons. The molecule has 19 heavy (non-hydrogen) atoms. The van der Waals surface area contributed by atoms with Crippen molar-refractivity contribution in [1.29, 1.82) is 0 Å². The van der Waals surface area contributed by atoms with Crippen LogP contribution in [0.15, 0.2) is 11.4 Å². The molecule has 0 bridgehead atoms. The molecule has 9 heteroatoms. The van der Waals surface area contributed by atoms with Crippen LogP contribution in [0.2, 0.25) is 5.15 Å². The molecule has 0 spiro atoms. The van der Waals surface area contributed by atoms with Crippen LogP contribution < -0.4 is 10.2 Å². The van der Waals surface area contributed by atoms with E-state index in [1.807, 2.05) is 0 Å². The first-order valence-electron chi connectivity index (χ1n) is 5.66. The van der Waals surface area contributed by atoms with Gasteiger partial charge in [-0.25, -0.2) is 9.97 Å². The van der Waals surface area contributed by atoms with Crippen LogP contribution in [0.25, 0.3) is 10.4 Å². The van der Waals surface area contributed by atoms with Gasteiger partial charge in [-0.1, -0.05) is 16.7 Å². The van der Waals surface area contributed by atoms with Crippen molar-refractivity contribution in [2.75, 3.05) is 30.4 Å². The van der Waals surface area contributed by atoms with Gasteiger partial charge < -0.3 is 10.2 Å². The highest BCUT2D eigenvalue weighted by molar-refractivity contribution is 6.33. The first-order valence-corrected chi connectivity index (χ1v) is 6.04. The van der Waals surface area contributed by atoms with Gasteiger partial charge >= 0.3 is 0 Å². The molecule has 1 aromatic heterocycles. The molecule has 1 aromatic rings. The number of nitrogens with zero attached hydrogens (tertiary/aromatic N) is 6. The van der Waals surface area contributed by atoms with E-state index in [1.54, 1.807) is 7.05 Å². The number of carbonyl (C=O) groups is 1. The van der Waals surface area contributed by atoms with Gasteiger partial charge in [0.2, 0.25) is 5.91 Å². The summed E-state index contributed by atoms with van der Waals surface area (Å²) in [5, 5.41) is 6.60. The zero-order valence-electron chi connectivity index (χ0n) is 10.2. The lowest BCUT2D eigenvalue weighted by atomic mass is 10.1. The molecule has 8 nitrogen and oxygen atoms in total. The van der Waals surface area contributed by atoms with Crippen molar-refractivity contribution < 1.29 is 4.79 Å². The Morgan fingerprint density at radius 3 is 3.16 bits per heavy atom. The summed E-state index contributed by atoms with van der Waals surface area (Å²) in [6, 6.07) is 0. The predicted molar refractivity (Wildman–Crippen MR) is 71.1 cm³/mol. The summed E-state index contributed by atoms with van der Waals surface area (Å²) in [5.41, 5.74) is 8.78. The average Bonchev–Trinajstić information content (AvgIpc) is 2.77.